The van der Waals surface area contributed by atoms with Gasteiger partial charge in [-0.05, 0) is 47.4 Å². The minimum atomic E-state index is -3.51. The number of sulfonamides is 1. The number of fused-ring (bicyclic) bond motifs is 1. The average Bonchev–Trinajstić information content (AvgIpc) is 2.88. The lowest BCUT2D eigenvalue weighted by Gasteiger charge is -2.15. The molecule has 7 nitrogen and oxygen atoms in total. The molecule has 0 aliphatic heterocycles. The molecule has 0 radical (unpaired) electrons. The van der Waals surface area contributed by atoms with E-state index in [1.165, 1.54) is 11.3 Å². The predicted molar refractivity (Wildman–Crippen MR) is 108 cm³/mol. The van der Waals surface area contributed by atoms with Gasteiger partial charge in [0.1, 0.15) is 11.2 Å². The maximum Gasteiger partial charge on any atom is 0.238 e. The van der Waals surface area contributed by atoms with E-state index in [0.717, 1.165) is 15.4 Å². The summed E-state index contributed by atoms with van der Waals surface area (Å²) in [5.41, 5.74) is 2.08. The Morgan fingerprint density at radius 1 is 1.35 bits per heavy atom. The highest BCUT2D eigenvalue weighted by Gasteiger charge is 2.18. The van der Waals surface area contributed by atoms with Gasteiger partial charge in [-0.15, -0.1) is 11.3 Å². The van der Waals surface area contributed by atoms with Gasteiger partial charge in [-0.2, -0.15) is 0 Å². The number of aromatic nitrogens is 3. The van der Waals surface area contributed by atoms with Crippen molar-refractivity contribution in [1.29, 1.82) is 0 Å². The van der Waals surface area contributed by atoms with Gasteiger partial charge in [0.2, 0.25) is 21.2 Å². The molecule has 3 aromatic rings. The van der Waals surface area contributed by atoms with Crippen molar-refractivity contribution in [1.82, 2.24) is 15.0 Å². The van der Waals surface area contributed by atoms with E-state index in [4.69, 9.17) is 16.3 Å². The highest BCUT2D eigenvalue weighted by Crippen LogP contribution is 2.37. The zero-order valence-corrected chi connectivity index (χ0v) is 17.9. The Kier molecular flexibility index (Phi) is 5.38. The third-order valence-corrected chi connectivity index (χ3v) is 5.76. The first-order chi connectivity index (χ1) is 12.1. The van der Waals surface area contributed by atoms with Gasteiger partial charge in [0.15, 0.2) is 0 Å². The molecule has 11 heteroatoms. The topological polar surface area (TPSA) is 94.1 Å². The van der Waals surface area contributed by atoms with Crippen LogP contribution in [0.4, 0.5) is 5.69 Å². The summed E-state index contributed by atoms with van der Waals surface area (Å²) in [6.45, 7) is 3.66. The van der Waals surface area contributed by atoms with Crippen molar-refractivity contribution in [2.75, 3.05) is 11.0 Å². The summed E-state index contributed by atoms with van der Waals surface area (Å²) < 4.78 is 33.1. The van der Waals surface area contributed by atoms with E-state index in [9.17, 15) is 8.42 Å². The first-order valence-electron chi connectivity index (χ1n) is 7.39. The number of hydrogen-bond donors (Lipinski definition) is 1. The molecule has 0 amide bonds. The van der Waals surface area contributed by atoms with Gasteiger partial charge in [-0.3, -0.25) is 4.72 Å². The molecule has 3 heterocycles. The number of pyridine rings is 1. The lowest BCUT2D eigenvalue weighted by atomic mass is 10.2. The van der Waals surface area contributed by atoms with E-state index in [-0.39, 0.29) is 23.0 Å². The molecule has 0 saturated heterocycles. The number of nitrogens with zero attached hydrogens (tertiary/aromatic N) is 3. The monoisotopic (exact) mass is 476 g/mol. The summed E-state index contributed by atoms with van der Waals surface area (Å²) >= 11 is 10.9. The van der Waals surface area contributed by atoms with Crippen molar-refractivity contribution in [3.8, 4) is 17.1 Å². The molecule has 26 heavy (non-hydrogen) atoms. The van der Waals surface area contributed by atoms with Gasteiger partial charge >= 0.3 is 0 Å². The molecule has 0 fully saturated rings. The maximum atomic E-state index is 11.7. The van der Waals surface area contributed by atoms with Crippen LogP contribution in [0.1, 0.15) is 13.8 Å². The van der Waals surface area contributed by atoms with Gasteiger partial charge in [0.25, 0.3) is 0 Å². The van der Waals surface area contributed by atoms with Crippen molar-refractivity contribution in [2.24, 2.45) is 0 Å². The minimum Gasteiger partial charge on any atom is -0.473 e. The Balaban J connectivity index is 2.19. The van der Waals surface area contributed by atoms with Crippen molar-refractivity contribution >= 4 is 64.8 Å². The number of halogens is 2. The molecule has 0 aliphatic rings. The van der Waals surface area contributed by atoms with Crippen LogP contribution < -0.4 is 9.46 Å². The Morgan fingerprint density at radius 2 is 2.08 bits per heavy atom. The van der Waals surface area contributed by atoms with Crippen LogP contribution in [0, 0.1) is 0 Å². The normalized spacial score (nSPS) is 11.9. The molecule has 0 aliphatic carbocycles. The van der Waals surface area contributed by atoms with Crippen LogP contribution in [0.2, 0.25) is 5.28 Å². The van der Waals surface area contributed by atoms with E-state index in [0.29, 0.717) is 16.8 Å². The summed E-state index contributed by atoms with van der Waals surface area (Å²) in [5, 5.41) is 1.98. The lowest BCUT2D eigenvalue weighted by molar-refractivity contribution is 0.234. The predicted octanol–water partition coefficient (Wildman–Crippen LogP) is 4.33. The van der Waals surface area contributed by atoms with Crippen molar-refractivity contribution in [2.45, 2.75) is 20.0 Å². The zero-order valence-electron chi connectivity index (χ0n) is 13.9. The van der Waals surface area contributed by atoms with E-state index < -0.39 is 10.0 Å². The average molecular weight is 478 g/mol. The fraction of sp³-hybridized carbons (Fsp3) is 0.267. The molecule has 3 rings (SSSR count). The summed E-state index contributed by atoms with van der Waals surface area (Å²) in [4.78, 5) is 12.8. The largest absolute Gasteiger partial charge is 0.473 e. The van der Waals surface area contributed by atoms with Gasteiger partial charge < -0.3 is 4.74 Å². The van der Waals surface area contributed by atoms with Crippen LogP contribution in [0.15, 0.2) is 22.1 Å². The molecule has 3 aromatic heterocycles. The fourth-order valence-corrected chi connectivity index (χ4v) is 4.52. The quantitative estimate of drug-likeness (QED) is 0.550. The summed E-state index contributed by atoms with van der Waals surface area (Å²) in [7, 11) is -3.51. The smallest absolute Gasteiger partial charge is 0.238 e. The van der Waals surface area contributed by atoms with E-state index in [2.05, 4.69) is 35.6 Å². The second kappa shape index (κ2) is 7.26. The van der Waals surface area contributed by atoms with Crippen molar-refractivity contribution in [3.05, 3.63) is 27.4 Å². The molecule has 138 valence electrons. The Bertz CT molecular complexity index is 1090. The minimum absolute atomic E-state index is 0.0896. The molecule has 0 spiro atoms. The summed E-state index contributed by atoms with van der Waals surface area (Å²) in [6.07, 6.45) is 2.47. The summed E-state index contributed by atoms with van der Waals surface area (Å²) in [6, 6.07) is 1.62. The number of ether oxygens (including phenoxy) is 1. The van der Waals surface area contributed by atoms with Crippen molar-refractivity contribution < 1.29 is 13.2 Å². The van der Waals surface area contributed by atoms with Crippen LogP contribution >= 0.6 is 38.9 Å². The number of anilines is 1. The maximum absolute atomic E-state index is 11.7. The fourth-order valence-electron chi connectivity index (χ4n) is 2.23. The highest BCUT2D eigenvalue weighted by atomic mass is 79.9. The third kappa shape index (κ3) is 4.25. The number of rotatable bonds is 5. The van der Waals surface area contributed by atoms with E-state index >= 15 is 0 Å². The molecule has 1 N–H and O–H groups in total. The van der Waals surface area contributed by atoms with Gasteiger partial charge in [0.05, 0.1) is 27.2 Å². The first kappa shape index (κ1) is 19.3. The molecule has 0 aromatic carbocycles. The van der Waals surface area contributed by atoms with Gasteiger partial charge in [-0.25, -0.2) is 23.4 Å². The van der Waals surface area contributed by atoms with Crippen molar-refractivity contribution in [3.63, 3.8) is 0 Å². The molecule has 0 bridgehead atoms. The number of hydrogen-bond acceptors (Lipinski definition) is 7. The highest BCUT2D eigenvalue weighted by molar-refractivity contribution is 9.10. The molecular weight excluding hydrogens is 464 g/mol. The summed E-state index contributed by atoms with van der Waals surface area (Å²) in [5.74, 6) is 0.193. The number of thiophene rings is 1. The second-order valence-electron chi connectivity index (χ2n) is 5.72. The molecule has 0 saturated carbocycles. The first-order valence-corrected chi connectivity index (χ1v) is 11.3. The van der Waals surface area contributed by atoms with E-state index in [1.807, 2.05) is 19.2 Å². The lowest BCUT2D eigenvalue weighted by Crippen LogP contribution is -2.14. The Labute approximate surface area is 168 Å². The molecule has 0 atom stereocenters. The van der Waals surface area contributed by atoms with Gasteiger partial charge in [0, 0.05) is 17.1 Å². The van der Waals surface area contributed by atoms with Crippen LogP contribution in [-0.4, -0.2) is 35.7 Å². The van der Waals surface area contributed by atoms with E-state index in [1.54, 1.807) is 12.3 Å². The van der Waals surface area contributed by atoms with Crippen LogP contribution in [0.5, 0.6) is 5.88 Å². The molecule has 0 unspecified atom stereocenters. The third-order valence-electron chi connectivity index (χ3n) is 3.11. The Morgan fingerprint density at radius 3 is 2.73 bits per heavy atom. The van der Waals surface area contributed by atoms with Crippen LogP contribution in [0.3, 0.4) is 0 Å². The number of nitrogens with one attached hydrogen (secondary N) is 1. The standard InChI is InChI=1S/C15H14BrClN4O3S2/c1-7(2)24-14-10(21-26(3,22)23)4-8(5-18-14)11-13-12(9(16)6-25-13)20-15(17)19-11/h4-7,21H,1-3H3. The second-order valence-corrected chi connectivity index (χ2v) is 9.54. The Hall–Kier alpha value is -1.49. The zero-order chi connectivity index (χ0) is 19.1. The van der Waals surface area contributed by atoms with Crippen LogP contribution in [-0.2, 0) is 10.0 Å². The van der Waals surface area contributed by atoms with Crippen LogP contribution in [0.25, 0.3) is 21.5 Å². The SMILES string of the molecule is CC(C)Oc1ncc(-c2nc(Cl)nc3c(Br)csc23)cc1NS(C)(=O)=O. The molecular formula is C15H14BrClN4O3S2. The van der Waals surface area contributed by atoms with Gasteiger partial charge in [-0.1, -0.05) is 0 Å².